The largest absolute Gasteiger partial charge is 0.353 e. The first-order chi connectivity index (χ1) is 28.3. The molecule has 14 heteroatoms. The Kier molecular flexibility index (Phi) is 13.5. The minimum Gasteiger partial charge on any atom is -0.353 e. The molecule has 58 heavy (non-hydrogen) atoms. The summed E-state index contributed by atoms with van der Waals surface area (Å²) in [6.07, 6.45) is 13.9. The molecular weight excluding hydrogens is 735 g/mol. The molecule has 3 fully saturated rings. The van der Waals surface area contributed by atoms with Gasteiger partial charge in [0, 0.05) is 94.8 Å². The van der Waals surface area contributed by atoms with Gasteiger partial charge < -0.3 is 20.0 Å². The molecule has 3 aromatic rings. The Balaban J connectivity index is 0.768. The Morgan fingerprint density at radius 3 is 2.52 bits per heavy atom. The van der Waals surface area contributed by atoms with E-state index >= 15 is 0 Å². The van der Waals surface area contributed by atoms with Crippen molar-refractivity contribution in [3.05, 3.63) is 88.9 Å². The highest BCUT2D eigenvalue weighted by Gasteiger charge is 2.39. The van der Waals surface area contributed by atoms with Gasteiger partial charge in [0.15, 0.2) is 11.5 Å². The van der Waals surface area contributed by atoms with Gasteiger partial charge in [0.2, 0.25) is 17.7 Å². The Morgan fingerprint density at radius 2 is 1.76 bits per heavy atom. The fraction of sp³-hybridized carbons (Fsp3) is 0.455. The van der Waals surface area contributed by atoms with E-state index in [4.69, 9.17) is 0 Å². The number of hydrogen-bond donors (Lipinski definition) is 2. The summed E-state index contributed by atoms with van der Waals surface area (Å²) in [5.41, 5.74) is 3.50. The van der Waals surface area contributed by atoms with E-state index in [-0.39, 0.29) is 30.0 Å². The average molecular weight is 786 g/mol. The number of rotatable bonds is 13. The maximum atomic E-state index is 13.2. The number of benzene rings is 1. The van der Waals surface area contributed by atoms with E-state index in [1.165, 1.54) is 0 Å². The lowest BCUT2D eigenvalue weighted by atomic mass is 9.91. The zero-order valence-electron chi connectivity index (χ0n) is 32.9. The van der Waals surface area contributed by atoms with Gasteiger partial charge in [-0.15, -0.1) is 10.2 Å². The Labute approximate surface area is 339 Å². The molecule has 5 amide bonds. The third kappa shape index (κ3) is 10.3. The van der Waals surface area contributed by atoms with Crippen LogP contribution in [0.1, 0.15) is 95.3 Å². The first-order valence-corrected chi connectivity index (χ1v) is 20.5. The van der Waals surface area contributed by atoms with Crippen molar-refractivity contribution in [1.29, 1.82) is 0 Å². The van der Waals surface area contributed by atoms with Crippen molar-refractivity contribution in [2.75, 3.05) is 57.3 Å². The van der Waals surface area contributed by atoms with E-state index in [1.807, 2.05) is 35.2 Å². The van der Waals surface area contributed by atoms with Crippen LogP contribution in [-0.2, 0) is 20.9 Å². The number of hydrogen-bond acceptors (Lipinski definition) is 10. The van der Waals surface area contributed by atoms with Gasteiger partial charge in [-0.25, -0.2) is 0 Å². The fourth-order valence-electron chi connectivity index (χ4n) is 8.12. The molecule has 2 aromatic heterocycles. The van der Waals surface area contributed by atoms with Crippen molar-refractivity contribution in [3.63, 3.8) is 0 Å². The monoisotopic (exact) mass is 785 g/mol. The summed E-state index contributed by atoms with van der Waals surface area (Å²) in [5.74, 6) is 6.85. The number of carbonyl (C=O) groups is 5. The highest BCUT2D eigenvalue weighted by atomic mass is 16.2. The summed E-state index contributed by atoms with van der Waals surface area (Å²) >= 11 is 0. The van der Waals surface area contributed by atoms with Crippen LogP contribution in [0.4, 0.5) is 5.82 Å². The van der Waals surface area contributed by atoms with Crippen molar-refractivity contribution in [2.45, 2.75) is 70.4 Å². The molecular formula is C44H51N9O5. The minimum atomic E-state index is -0.640. The molecule has 2 N–H and O–H groups in total. The normalized spacial score (nSPS) is 18.9. The molecule has 1 aromatic carbocycles. The Bertz CT molecular complexity index is 2050. The molecule has 0 saturated carbocycles. The number of fused-ring (bicyclic) bond motifs is 1. The first-order valence-electron chi connectivity index (χ1n) is 20.5. The van der Waals surface area contributed by atoms with Gasteiger partial charge in [0.05, 0.1) is 0 Å². The number of anilines is 1. The van der Waals surface area contributed by atoms with Crippen LogP contribution in [0.3, 0.4) is 0 Å². The number of imide groups is 1. The van der Waals surface area contributed by atoms with E-state index in [1.54, 1.807) is 41.6 Å². The number of carbonyl (C=O) groups excluding carboxylic acids is 5. The number of pyridine rings is 1. The quantitative estimate of drug-likeness (QED) is 0.114. The first kappa shape index (κ1) is 40.3. The second-order valence-electron chi connectivity index (χ2n) is 15.4. The number of likely N-dealkylation sites (tertiary alicyclic amines) is 1. The maximum Gasteiger partial charge on any atom is 0.274 e. The third-order valence-electron chi connectivity index (χ3n) is 11.5. The minimum absolute atomic E-state index is 0.0631. The maximum absolute atomic E-state index is 13.2. The summed E-state index contributed by atoms with van der Waals surface area (Å²) < 4.78 is 0. The van der Waals surface area contributed by atoms with E-state index in [2.05, 4.69) is 47.5 Å². The summed E-state index contributed by atoms with van der Waals surface area (Å²) in [6, 6.07) is 12.3. The summed E-state index contributed by atoms with van der Waals surface area (Å²) in [6.45, 7) is 6.77. The van der Waals surface area contributed by atoms with Crippen LogP contribution in [0.2, 0.25) is 0 Å². The molecule has 1 atom stereocenters. The average Bonchev–Trinajstić information content (AvgIpc) is 3.59. The van der Waals surface area contributed by atoms with E-state index in [9.17, 15) is 24.0 Å². The molecule has 14 nitrogen and oxygen atoms in total. The summed E-state index contributed by atoms with van der Waals surface area (Å²) in [7, 11) is 0. The lowest BCUT2D eigenvalue weighted by molar-refractivity contribution is -0.137. The van der Waals surface area contributed by atoms with Crippen LogP contribution in [-0.4, -0.2) is 118 Å². The number of piperidine rings is 2. The van der Waals surface area contributed by atoms with Crippen LogP contribution in [0.15, 0.2) is 60.9 Å². The second-order valence-corrected chi connectivity index (χ2v) is 15.4. The van der Waals surface area contributed by atoms with Crippen LogP contribution in [0.25, 0.3) is 6.08 Å². The number of aromatic nitrogens is 3. The molecule has 1 unspecified atom stereocenters. The SMILES string of the molecule is O=C(/C=C/c1cccnc1)NCCCCC1CCN(C(=O)c2ccc(N3CCN(CCCC#Cc4cccc5c4CN(C4CCC(=O)NC4=O)C5=O)CC3)nn2)CC1. The molecule has 4 aliphatic rings. The van der Waals surface area contributed by atoms with Crippen molar-refractivity contribution in [2.24, 2.45) is 5.92 Å². The van der Waals surface area contributed by atoms with Gasteiger partial charge in [-0.05, 0) is 92.1 Å². The van der Waals surface area contributed by atoms with Crippen LogP contribution in [0, 0.1) is 17.8 Å². The van der Waals surface area contributed by atoms with Crippen molar-refractivity contribution in [3.8, 4) is 11.8 Å². The number of nitrogens with one attached hydrogen (secondary N) is 2. The lowest BCUT2D eigenvalue weighted by Crippen LogP contribution is -2.52. The third-order valence-corrected chi connectivity index (χ3v) is 11.5. The standard InChI is InChI=1S/C44H51N9O5/c54-40(17-13-33-9-7-21-45-30-33)46-22-4-3-8-32-19-24-52(25-20-32)44(58)37-14-16-39(49-48-37)51-28-26-50(27-29-51)23-5-1-2-10-34-11-6-12-35-36(34)31-53(43(35)57)38-15-18-41(55)47-42(38)56/h6-7,9,11-14,16-17,21,30,32,38H,1,3-5,8,15,18-20,22-29,31H2,(H,46,54)(H,47,55,56)/b17-13+. The van der Waals surface area contributed by atoms with E-state index < -0.39 is 11.9 Å². The van der Waals surface area contributed by atoms with Crippen molar-refractivity contribution >= 4 is 41.4 Å². The molecule has 3 saturated heterocycles. The highest BCUT2D eigenvalue weighted by molar-refractivity contribution is 6.05. The molecule has 0 radical (unpaired) electrons. The topological polar surface area (TPSA) is 161 Å². The van der Waals surface area contributed by atoms with Crippen molar-refractivity contribution < 1.29 is 24.0 Å². The summed E-state index contributed by atoms with van der Waals surface area (Å²) in [4.78, 5) is 74.6. The number of amides is 5. The molecule has 7 rings (SSSR count). The van der Waals surface area contributed by atoms with Gasteiger partial charge in [-0.1, -0.05) is 36.8 Å². The molecule has 0 spiro atoms. The van der Waals surface area contributed by atoms with Gasteiger partial charge in [0.1, 0.15) is 6.04 Å². The van der Waals surface area contributed by atoms with E-state index in [0.717, 1.165) is 113 Å². The smallest absolute Gasteiger partial charge is 0.274 e. The molecule has 4 aliphatic heterocycles. The fourth-order valence-corrected chi connectivity index (χ4v) is 8.12. The molecule has 6 heterocycles. The lowest BCUT2D eigenvalue weighted by Gasteiger charge is -2.35. The zero-order chi connectivity index (χ0) is 40.3. The number of piperazine rings is 1. The Morgan fingerprint density at radius 1 is 0.914 bits per heavy atom. The van der Waals surface area contributed by atoms with Crippen LogP contribution in [0.5, 0.6) is 0 Å². The van der Waals surface area contributed by atoms with Crippen LogP contribution >= 0.6 is 0 Å². The van der Waals surface area contributed by atoms with Gasteiger partial charge in [0.25, 0.3) is 11.8 Å². The van der Waals surface area contributed by atoms with Gasteiger partial charge in [-0.2, -0.15) is 0 Å². The van der Waals surface area contributed by atoms with Gasteiger partial charge >= 0.3 is 0 Å². The van der Waals surface area contributed by atoms with Crippen LogP contribution < -0.4 is 15.5 Å². The Hall–Kier alpha value is -5.94. The van der Waals surface area contributed by atoms with Crippen molar-refractivity contribution in [1.82, 2.24) is 40.5 Å². The highest BCUT2D eigenvalue weighted by Crippen LogP contribution is 2.30. The number of unbranched alkanes of at least 4 members (excludes halogenated alkanes) is 2. The summed E-state index contributed by atoms with van der Waals surface area (Å²) in [5, 5.41) is 14.1. The second kappa shape index (κ2) is 19.5. The molecule has 0 aliphatic carbocycles. The van der Waals surface area contributed by atoms with E-state index in [0.29, 0.717) is 36.7 Å². The zero-order valence-corrected chi connectivity index (χ0v) is 32.9. The molecule has 302 valence electrons. The molecule has 0 bridgehead atoms. The predicted molar refractivity (Wildman–Crippen MR) is 218 cm³/mol. The number of nitrogens with zero attached hydrogens (tertiary/aromatic N) is 7. The van der Waals surface area contributed by atoms with Gasteiger partial charge in [-0.3, -0.25) is 39.2 Å². The predicted octanol–water partition coefficient (Wildman–Crippen LogP) is 3.44.